The zero-order chi connectivity index (χ0) is 11.4. The molecule has 1 aromatic rings. The van der Waals surface area contributed by atoms with Crippen molar-refractivity contribution in [3.05, 3.63) is 29.6 Å². The van der Waals surface area contributed by atoms with Gasteiger partial charge in [0.25, 0.3) is 0 Å². The number of aromatic carboxylic acids is 1. The molecule has 0 saturated carbocycles. The van der Waals surface area contributed by atoms with Crippen LogP contribution in [0.3, 0.4) is 0 Å². The number of hydrogen-bond donors (Lipinski definition) is 3. The van der Waals surface area contributed by atoms with Crippen LogP contribution in [-0.4, -0.2) is 28.7 Å². The lowest BCUT2D eigenvalue weighted by Gasteiger charge is -2.06. The van der Waals surface area contributed by atoms with Crippen molar-refractivity contribution in [1.82, 2.24) is 0 Å². The minimum Gasteiger partial charge on any atom is -0.480 e. The molecular weight excluding hydrogens is 205 g/mol. The summed E-state index contributed by atoms with van der Waals surface area (Å²) in [7, 11) is 0. The molecule has 0 fully saturated rings. The van der Waals surface area contributed by atoms with Crippen molar-refractivity contribution in [3.63, 3.8) is 0 Å². The highest BCUT2D eigenvalue weighted by Crippen LogP contribution is 2.16. The van der Waals surface area contributed by atoms with Crippen LogP contribution in [0.25, 0.3) is 0 Å². The molecule has 3 N–H and O–H groups in total. The molecule has 5 nitrogen and oxygen atoms in total. The number of carboxylic acid groups (broad SMARTS) is 2. The molecule has 0 radical (unpaired) electrons. The largest absolute Gasteiger partial charge is 0.480 e. The fourth-order valence-electron chi connectivity index (χ4n) is 1.02. The average molecular weight is 213 g/mol. The molecule has 0 aromatic heterocycles. The lowest BCUT2D eigenvalue weighted by atomic mass is 10.1. The van der Waals surface area contributed by atoms with E-state index in [0.29, 0.717) is 0 Å². The fourth-order valence-corrected chi connectivity index (χ4v) is 1.02. The smallest absolute Gasteiger partial charge is 0.337 e. The molecule has 6 heteroatoms. The minimum absolute atomic E-state index is 0.0753. The number of aliphatic carboxylic acids is 1. The van der Waals surface area contributed by atoms with E-state index in [9.17, 15) is 14.0 Å². The van der Waals surface area contributed by atoms with Crippen molar-refractivity contribution in [2.24, 2.45) is 0 Å². The summed E-state index contributed by atoms with van der Waals surface area (Å²) in [5.74, 6) is -3.13. The van der Waals surface area contributed by atoms with Gasteiger partial charge in [-0.15, -0.1) is 0 Å². The van der Waals surface area contributed by atoms with Crippen LogP contribution in [0, 0.1) is 5.82 Å². The van der Waals surface area contributed by atoms with Crippen LogP contribution in [0.1, 0.15) is 10.4 Å². The van der Waals surface area contributed by atoms with E-state index in [-0.39, 0.29) is 11.3 Å². The zero-order valence-corrected chi connectivity index (χ0v) is 7.53. The van der Waals surface area contributed by atoms with E-state index < -0.39 is 24.3 Å². The topological polar surface area (TPSA) is 86.6 Å². The Bertz CT molecular complexity index is 405. The van der Waals surface area contributed by atoms with Gasteiger partial charge in [-0.25, -0.2) is 9.18 Å². The first kappa shape index (κ1) is 11.0. The van der Waals surface area contributed by atoms with Crippen molar-refractivity contribution in [2.45, 2.75) is 0 Å². The standard InChI is InChI=1S/C9H8FNO4/c10-5-1-2-7(11-4-8(12)13)6(3-5)9(14)15/h1-3,11H,4H2,(H,12,13)(H,14,15). The van der Waals surface area contributed by atoms with Gasteiger partial charge in [0.15, 0.2) is 0 Å². The summed E-state index contributed by atoms with van der Waals surface area (Å²) in [5.41, 5.74) is -0.220. The van der Waals surface area contributed by atoms with E-state index in [1.807, 2.05) is 0 Å². The molecule has 0 amide bonds. The lowest BCUT2D eigenvalue weighted by molar-refractivity contribution is -0.134. The molecule has 0 heterocycles. The summed E-state index contributed by atoms with van der Waals surface area (Å²) in [4.78, 5) is 20.9. The average Bonchev–Trinajstić information content (AvgIpc) is 2.15. The molecule has 0 spiro atoms. The van der Waals surface area contributed by atoms with Crippen LogP contribution in [0.2, 0.25) is 0 Å². The number of hydrogen-bond acceptors (Lipinski definition) is 3. The molecule has 0 aliphatic heterocycles. The normalized spacial score (nSPS) is 9.67. The van der Waals surface area contributed by atoms with Crippen molar-refractivity contribution in [3.8, 4) is 0 Å². The molecule has 0 unspecified atom stereocenters. The third-order valence-corrected chi connectivity index (χ3v) is 1.64. The Kier molecular flexibility index (Phi) is 3.22. The number of halogens is 1. The minimum atomic E-state index is -1.32. The number of anilines is 1. The SMILES string of the molecule is O=C(O)CNc1ccc(F)cc1C(=O)O. The molecule has 0 atom stereocenters. The van der Waals surface area contributed by atoms with Crippen LogP contribution in [0.5, 0.6) is 0 Å². The summed E-state index contributed by atoms with van der Waals surface area (Å²) in [6.45, 7) is -0.425. The third kappa shape index (κ3) is 2.94. The van der Waals surface area contributed by atoms with Gasteiger partial charge in [0.1, 0.15) is 12.4 Å². The Labute approximate surface area is 84.2 Å². The van der Waals surface area contributed by atoms with Gasteiger partial charge in [-0.2, -0.15) is 0 Å². The number of benzene rings is 1. The predicted molar refractivity (Wildman–Crippen MR) is 49.5 cm³/mol. The van der Waals surface area contributed by atoms with Crippen molar-refractivity contribution in [1.29, 1.82) is 0 Å². The summed E-state index contributed by atoms with van der Waals surface area (Å²) >= 11 is 0. The van der Waals surface area contributed by atoms with Crippen molar-refractivity contribution in [2.75, 3.05) is 11.9 Å². The highest BCUT2D eigenvalue weighted by molar-refractivity contribution is 5.94. The quantitative estimate of drug-likeness (QED) is 0.695. The molecule has 0 bridgehead atoms. The highest BCUT2D eigenvalue weighted by Gasteiger charge is 2.11. The molecule has 80 valence electrons. The molecular formula is C9H8FNO4. The number of rotatable bonds is 4. The first-order valence-corrected chi connectivity index (χ1v) is 3.99. The molecule has 15 heavy (non-hydrogen) atoms. The lowest BCUT2D eigenvalue weighted by Crippen LogP contribution is -2.14. The van der Waals surface area contributed by atoms with Crippen LogP contribution in [-0.2, 0) is 4.79 Å². The highest BCUT2D eigenvalue weighted by atomic mass is 19.1. The van der Waals surface area contributed by atoms with Crippen molar-refractivity contribution >= 4 is 17.6 Å². The maximum absolute atomic E-state index is 12.7. The van der Waals surface area contributed by atoms with Gasteiger partial charge in [-0.1, -0.05) is 0 Å². The van der Waals surface area contributed by atoms with Crippen LogP contribution in [0.4, 0.5) is 10.1 Å². The summed E-state index contributed by atoms with van der Waals surface area (Å²) < 4.78 is 12.7. The van der Waals surface area contributed by atoms with Crippen LogP contribution < -0.4 is 5.32 Å². The van der Waals surface area contributed by atoms with E-state index in [1.165, 1.54) is 6.07 Å². The van der Waals surface area contributed by atoms with Crippen LogP contribution >= 0.6 is 0 Å². The van der Waals surface area contributed by atoms with Crippen LogP contribution in [0.15, 0.2) is 18.2 Å². The monoisotopic (exact) mass is 213 g/mol. The van der Waals surface area contributed by atoms with Gasteiger partial charge in [0.05, 0.1) is 5.56 Å². The van der Waals surface area contributed by atoms with E-state index in [4.69, 9.17) is 10.2 Å². The second kappa shape index (κ2) is 4.41. The molecule has 1 rings (SSSR count). The maximum Gasteiger partial charge on any atom is 0.337 e. The van der Waals surface area contributed by atoms with Gasteiger partial charge >= 0.3 is 11.9 Å². The summed E-state index contributed by atoms with van der Waals surface area (Å²) in [6, 6.07) is 3.06. The van der Waals surface area contributed by atoms with E-state index >= 15 is 0 Å². The number of carboxylic acids is 2. The number of nitrogens with one attached hydrogen (secondary N) is 1. The molecule has 1 aromatic carbocycles. The fraction of sp³-hybridized carbons (Fsp3) is 0.111. The van der Waals surface area contributed by atoms with Crippen molar-refractivity contribution < 1.29 is 24.2 Å². The predicted octanol–water partition coefficient (Wildman–Crippen LogP) is 1.02. The van der Waals surface area contributed by atoms with E-state index in [1.54, 1.807) is 0 Å². The maximum atomic E-state index is 12.7. The first-order valence-electron chi connectivity index (χ1n) is 3.99. The zero-order valence-electron chi connectivity index (χ0n) is 7.53. The first-order chi connectivity index (χ1) is 7.00. The molecule has 0 saturated heterocycles. The number of carbonyl (C=O) groups is 2. The van der Waals surface area contributed by atoms with E-state index in [0.717, 1.165) is 12.1 Å². The van der Waals surface area contributed by atoms with Gasteiger partial charge in [0, 0.05) is 5.69 Å². The second-order valence-corrected chi connectivity index (χ2v) is 2.74. The Hall–Kier alpha value is -2.11. The Morgan fingerprint density at radius 3 is 2.53 bits per heavy atom. The van der Waals surface area contributed by atoms with Gasteiger partial charge in [0.2, 0.25) is 0 Å². The summed E-state index contributed by atoms with van der Waals surface area (Å²) in [5, 5.41) is 19.5. The summed E-state index contributed by atoms with van der Waals surface area (Å²) in [6.07, 6.45) is 0. The second-order valence-electron chi connectivity index (χ2n) is 2.74. The Balaban J connectivity index is 2.95. The Morgan fingerprint density at radius 1 is 1.33 bits per heavy atom. The van der Waals surface area contributed by atoms with Gasteiger partial charge < -0.3 is 15.5 Å². The third-order valence-electron chi connectivity index (χ3n) is 1.64. The molecule has 0 aliphatic carbocycles. The van der Waals surface area contributed by atoms with E-state index in [2.05, 4.69) is 5.32 Å². The van der Waals surface area contributed by atoms with Gasteiger partial charge in [-0.05, 0) is 18.2 Å². The van der Waals surface area contributed by atoms with Gasteiger partial charge in [-0.3, -0.25) is 4.79 Å². The Morgan fingerprint density at radius 2 is 2.00 bits per heavy atom. The molecule has 0 aliphatic rings.